The zero-order valence-corrected chi connectivity index (χ0v) is 9.64. The number of nitrogens with one attached hydrogen (secondary N) is 1. The molecular formula is C11H15ClFNO. The molecule has 2 nitrogen and oxygen atoms in total. The molecule has 0 amide bonds. The molecule has 0 spiro atoms. The van der Waals surface area contributed by atoms with Crippen molar-refractivity contribution in [1.82, 2.24) is 5.48 Å². The molecule has 1 aromatic rings. The van der Waals surface area contributed by atoms with Crippen LogP contribution >= 0.6 is 11.6 Å². The van der Waals surface area contributed by atoms with Gasteiger partial charge in [0.05, 0.1) is 13.2 Å². The van der Waals surface area contributed by atoms with Crippen LogP contribution in [0.2, 0.25) is 5.02 Å². The van der Waals surface area contributed by atoms with Crippen LogP contribution in [0.4, 0.5) is 4.39 Å². The summed E-state index contributed by atoms with van der Waals surface area (Å²) < 4.78 is 13.3. The maximum absolute atomic E-state index is 13.3. The molecular weight excluding hydrogens is 217 g/mol. The Morgan fingerprint density at radius 1 is 1.47 bits per heavy atom. The van der Waals surface area contributed by atoms with Gasteiger partial charge in [0.25, 0.3) is 0 Å². The van der Waals surface area contributed by atoms with Crippen LogP contribution in [0.5, 0.6) is 0 Å². The lowest BCUT2D eigenvalue weighted by Gasteiger charge is -2.09. The van der Waals surface area contributed by atoms with E-state index in [9.17, 15) is 4.39 Å². The van der Waals surface area contributed by atoms with Gasteiger partial charge in [-0.3, -0.25) is 0 Å². The fourth-order valence-electron chi connectivity index (χ4n) is 1.05. The van der Waals surface area contributed by atoms with E-state index >= 15 is 0 Å². The van der Waals surface area contributed by atoms with Gasteiger partial charge < -0.3 is 4.84 Å². The summed E-state index contributed by atoms with van der Waals surface area (Å²) in [5.41, 5.74) is 3.12. The molecule has 0 aliphatic rings. The molecule has 4 heteroatoms. The minimum Gasteiger partial charge on any atom is -0.301 e. The maximum Gasteiger partial charge on any atom is 0.129 e. The Bertz CT molecular complexity index is 297. The van der Waals surface area contributed by atoms with E-state index in [0.717, 1.165) is 0 Å². The molecule has 0 aliphatic heterocycles. The number of hydrogen-bond donors (Lipinski definition) is 1. The molecule has 0 aliphatic carbocycles. The first-order valence-corrected chi connectivity index (χ1v) is 5.26. The summed E-state index contributed by atoms with van der Waals surface area (Å²) in [7, 11) is 0. The van der Waals surface area contributed by atoms with Gasteiger partial charge in [0.2, 0.25) is 0 Å². The Morgan fingerprint density at radius 2 is 2.20 bits per heavy atom. The lowest BCUT2D eigenvalue weighted by molar-refractivity contribution is 0.0191. The van der Waals surface area contributed by atoms with E-state index < -0.39 is 0 Å². The van der Waals surface area contributed by atoms with Gasteiger partial charge in [0.15, 0.2) is 0 Å². The monoisotopic (exact) mass is 231 g/mol. The van der Waals surface area contributed by atoms with Crippen LogP contribution in [0.25, 0.3) is 0 Å². The smallest absolute Gasteiger partial charge is 0.129 e. The zero-order chi connectivity index (χ0) is 11.3. The standard InChI is InChI=1S/C11H15ClFNO/c1-8(2)7-15-14-6-9-10(12)4-3-5-11(9)13/h3-5,8,14H,6-7H2,1-2H3. The van der Waals surface area contributed by atoms with Crippen molar-refractivity contribution in [2.24, 2.45) is 5.92 Å². The van der Waals surface area contributed by atoms with Crippen molar-refractivity contribution >= 4 is 11.6 Å². The van der Waals surface area contributed by atoms with E-state index in [-0.39, 0.29) is 12.4 Å². The number of benzene rings is 1. The third-order valence-corrected chi connectivity index (χ3v) is 2.18. The highest BCUT2D eigenvalue weighted by atomic mass is 35.5. The van der Waals surface area contributed by atoms with Gasteiger partial charge in [-0.1, -0.05) is 31.5 Å². The molecule has 0 fully saturated rings. The van der Waals surface area contributed by atoms with Crippen LogP contribution in [0.15, 0.2) is 18.2 Å². The van der Waals surface area contributed by atoms with Gasteiger partial charge in [0.1, 0.15) is 5.82 Å². The summed E-state index contributed by atoms with van der Waals surface area (Å²) in [6, 6.07) is 4.62. The SMILES string of the molecule is CC(C)CONCc1c(F)cccc1Cl. The van der Waals surface area contributed by atoms with E-state index in [1.165, 1.54) is 6.07 Å². The molecule has 0 bridgehead atoms. The highest BCUT2D eigenvalue weighted by Gasteiger charge is 2.06. The topological polar surface area (TPSA) is 21.3 Å². The first kappa shape index (κ1) is 12.4. The number of hydroxylamine groups is 1. The molecule has 0 aromatic heterocycles. The average molecular weight is 232 g/mol. The molecule has 1 aromatic carbocycles. The predicted octanol–water partition coefficient (Wildman–Crippen LogP) is 3.16. The first-order chi connectivity index (χ1) is 7.11. The number of rotatable bonds is 5. The zero-order valence-electron chi connectivity index (χ0n) is 8.89. The Kier molecular flexibility index (Phi) is 5.02. The van der Waals surface area contributed by atoms with Crippen molar-refractivity contribution in [3.05, 3.63) is 34.6 Å². The summed E-state index contributed by atoms with van der Waals surface area (Å²) in [5.74, 6) is 0.122. The molecule has 1 N–H and O–H groups in total. The van der Waals surface area contributed by atoms with Gasteiger partial charge in [0, 0.05) is 10.6 Å². The first-order valence-electron chi connectivity index (χ1n) is 4.88. The summed E-state index contributed by atoms with van der Waals surface area (Å²) in [4.78, 5) is 5.13. The summed E-state index contributed by atoms with van der Waals surface area (Å²) in [6.45, 7) is 4.94. The van der Waals surface area contributed by atoms with Crippen molar-refractivity contribution < 1.29 is 9.23 Å². The summed E-state index contributed by atoms with van der Waals surface area (Å²) in [6.07, 6.45) is 0. The lowest BCUT2D eigenvalue weighted by atomic mass is 10.2. The second-order valence-electron chi connectivity index (χ2n) is 3.73. The fraction of sp³-hybridized carbons (Fsp3) is 0.455. The highest BCUT2D eigenvalue weighted by molar-refractivity contribution is 6.31. The number of halogens is 2. The predicted molar refractivity (Wildman–Crippen MR) is 59.0 cm³/mol. The van der Waals surface area contributed by atoms with Crippen LogP contribution in [0.3, 0.4) is 0 Å². The second kappa shape index (κ2) is 6.05. The molecule has 0 radical (unpaired) electrons. The molecule has 84 valence electrons. The minimum atomic E-state index is -0.317. The van der Waals surface area contributed by atoms with Crippen molar-refractivity contribution in [3.63, 3.8) is 0 Å². The van der Waals surface area contributed by atoms with Crippen LogP contribution in [0.1, 0.15) is 19.4 Å². The number of hydrogen-bond acceptors (Lipinski definition) is 2. The Morgan fingerprint density at radius 3 is 2.80 bits per heavy atom. The highest BCUT2D eigenvalue weighted by Crippen LogP contribution is 2.18. The van der Waals surface area contributed by atoms with Crippen LogP contribution in [-0.2, 0) is 11.4 Å². The maximum atomic E-state index is 13.3. The molecule has 0 saturated heterocycles. The average Bonchev–Trinajstić information content (AvgIpc) is 2.15. The van der Waals surface area contributed by atoms with E-state index in [0.29, 0.717) is 23.1 Å². The Labute approximate surface area is 94.3 Å². The largest absolute Gasteiger partial charge is 0.301 e. The Hall–Kier alpha value is -0.640. The normalized spacial score (nSPS) is 11.0. The summed E-state index contributed by atoms with van der Waals surface area (Å²) in [5, 5.41) is 0.413. The Balaban J connectivity index is 2.43. The van der Waals surface area contributed by atoms with E-state index in [1.807, 2.05) is 13.8 Å². The van der Waals surface area contributed by atoms with Crippen LogP contribution in [0, 0.1) is 11.7 Å². The van der Waals surface area contributed by atoms with Gasteiger partial charge in [-0.15, -0.1) is 0 Å². The van der Waals surface area contributed by atoms with Crippen molar-refractivity contribution in [1.29, 1.82) is 0 Å². The molecule has 0 heterocycles. The molecule has 0 saturated carbocycles. The van der Waals surface area contributed by atoms with Crippen LogP contribution < -0.4 is 5.48 Å². The second-order valence-corrected chi connectivity index (χ2v) is 4.13. The van der Waals surface area contributed by atoms with Crippen molar-refractivity contribution in [2.45, 2.75) is 20.4 Å². The third-order valence-electron chi connectivity index (χ3n) is 1.83. The van der Waals surface area contributed by atoms with E-state index in [2.05, 4.69) is 5.48 Å². The minimum absolute atomic E-state index is 0.276. The van der Waals surface area contributed by atoms with Crippen molar-refractivity contribution in [2.75, 3.05) is 6.61 Å². The van der Waals surface area contributed by atoms with E-state index in [1.54, 1.807) is 12.1 Å². The van der Waals surface area contributed by atoms with Gasteiger partial charge >= 0.3 is 0 Å². The molecule has 0 unspecified atom stereocenters. The fourth-order valence-corrected chi connectivity index (χ4v) is 1.28. The van der Waals surface area contributed by atoms with Crippen LogP contribution in [-0.4, -0.2) is 6.61 Å². The quantitative estimate of drug-likeness (QED) is 0.621. The van der Waals surface area contributed by atoms with E-state index in [4.69, 9.17) is 16.4 Å². The van der Waals surface area contributed by atoms with Gasteiger partial charge in [-0.05, 0) is 18.1 Å². The third kappa shape index (κ3) is 4.16. The van der Waals surface area contributed by atoms with Crippen molar-refractivity contribution in [3.8, 4) is 0 Å². The summed E-state index contributed by atoms with van der Waals surface area (Å²) >= 11 is 5.84. The lowest BCUT2D eigenvalue weighted by Crippen LogP contribution is -2.18. The molecule has 15 heavy (non-hydrogen) atoms. The molecule has 0 atom stereocenters. The van der Waals surface area contributed by atoms with Gasteiger partial charge in [-0.2, -0.15) is 5.48 Å². The van der Waals surface area contributed by atoms with Gasteiger partial charge in [-0.25, -0.2) is 4.39 Å². The molecule has 1 rings (SSSR count).